The minimum absolute atomic E-state index is 0.0182. The summed E-state index contributed by atoms with van der Waals surface area (Å²) in [4.78, 5) is 14.6. The van der Waals surface area contributed by atoms with Crippen LogP contribution in [0.15, 0.2) is 51.7 Å². The quantitative estimate of drug-likeness (QED) is 0.504. The van der Waals surface area contributed by atoms with Gasteiger partial charge in [-0.2, -0.15) is 0 Å². The zero-order chi connectivity index (χ0) is 17.6. The van der Waals surface area contributed by atoms with E-state index in [4.69, 9.17) is 14.3 Å². The number of unbranched alkanes of at least 4 members (excludes halogenated alkanes) is 1. The van der Waals surface area contributed by atoms with Gasteiger partial charge in [0.2, 0.25) is 5.43 Å². The van der Waals surface area contributed by atoms with Crippen LogP contribution in [0.25, 0.3) is 21.9 Å². The summed E-state index contributed by atoms with van der Waals surface area (Å²) < 4.78 is 11.6. The fourth-order valence-corrected chi connectivity index (χ4v) is 2.83. The fraction of sp³-hybridized carbons (Fsp3) is 0.350. The molecule has 0 fully saturated rings. The van der Waals surface area contributed by atoms with Crippen LogP contribution in [0.5, 0.6) is 5.75 Å². The zero-order valence-corrected chi connectivity index (χ0v) is 14.4. The summed E-state index contributed by atoms with van der Waals surface area (Å²) in [7, 11) is 1.99. The van der Waals surface area contributed by atoms with Gasteiger partial charge in [0.05, 0.1) is 24.0 Å². The van der Waals surface area contributed by atoms with Crippen molar-refractivity contribution in [2.75, 3.05) is 33.4 Å². The molecule has 0 aliphatic heterocycles. The molecule has 0 aliphatic rings. The molecule has 0 unspecified atom stereocenters. The average molecular weight is 341 g/mol. The minimum Gasteiger partial charge on any atom is -0.493 e. The van der Waals surface area contributed by atoms with Crippen molar-refractivity contribution in [1.29, 1.82) is 0 Å². The van der Waals surface area contributed by atoms with Crippen LogP contribution in [0.2, 0.25) is 0 Å². The van der Waals surface area contributed by atoms with Gasteiger partial charge in [0, 0.05) is 12.6 Å². The Morgan fingerprint density at radius 2 is 1.84 bits per heavy atom. The van der Waals surface area contributed by atoms with Gasteiger partial charge in [-0.15, -0.1) is 0 Å². The lowest BCUT2D eigenvalue weighted by atomic mass is 10.1. The molecule has 0 saturated heterocycles. The maximum absolute atomic E-state index is 12.5. The highest BCUT2D eigenvalue weighted by molar-refractivity contribution is 5.90. The molecule has 0 radical (unpaired) electrons. The molecule has 25 heavy (non-hydrogen) atoms. The van der Waals surface area contributed by atoms with Crippen molar-refractivity contribution in [1.82, 2.24) is 4.90 Å². The second-order valence-electron chi connectivity index (χ2n) is 6.17. The van der Waals surface area contributed by atoms with Crippen molar-refractivity contribution in [2.24, 2.45) is 0 Å². The Labute approximate surface area is 146 Å². The zero-order valence-electron chi connectivity index (χ0n) is 14.4. The van der Waals surface area contributed by atoms with Crippen molar-refractivity contribution in [3.63, 3.8) is 0 Å². The fourth-order valence-electron chi connectivity index (χ4n) is 2.83. The number of aliphatic hydroxyl groups is 1. The van der Waals surface area contributed by atoms with Gasteiger partial charge in [-0.25, -0.2) is 0 Å². The number of ether oxygens (including phenoxy) is 1. The summed E-state index contributed by atoms with van der Waals surface area (Å²) in [6.45, 7) is 2.42. The topological polar surface area (TPSA) is 62.9 Å². The number of rotatable bonds is 8. The Morgan fingerprint density at radius 3 is 2.68 bits per heavy atom. The van der Waals surface area contributed by atoms with Crippen LogP contribution in [0.1, 0.15) is 12.8 Å². The van der Waals surface area contributed by atoms with Crippen LogP contribution in [-0.2, 0) is 0 Å². The number of nitrogens with zero attached hydrogens (tertiary/aromatic N) is 1. The van der Waals surface area contributed by atoms with Crippen LogP contribution >= 0.6 is 0 Å². The molecule has 1 heterocycles. The predicted molar refractivity (Wildman–Crippen MR) is 99.3 cm³/mol. The van der Waals surface area contributed by atoms with Gasteiger partial charge in [0.25, 0.3) is 0 Å². The second-order valence-corrected chi connectivity index (χ2v) is 6.17. The van der Waals surface area contributed by atoms with E-state index in [-0.39, 0.29) is 12.0 Å². The molecule has 0 amide bonds. The van der Waals surface area contributed by atoms with E-state index >= 15 is 0 Å². The van der Waals surface area contributed by atoms with Crippen LogP contribution < -0.4 is 10.2 Å². The molecular formula is C20H23NO4. The molecule has 0 bridgehead atoms. The molecule has 0 aliphatic carbocycles. The van der Waals surface area contributed by atoms with Crippen molar-refractivity contribution >= 4 is 21.9 Å². The van der Waals surface area contributed by atoms with Crippen molar-refractivity contribution in [3.8, 4) is 5.75 Å². The van der Waals surface area contributed by atoms with E-state index in [9.17, 15) is 4.79 Å². The van der Waals surface area contributed by atoms with Gasteiger partial charge in [0.1, 0.15) is 16.9 Å². The van der Waals surface area contributed by atoms with E-state index < -0.39 is 0 Å². The van der Waals surface area contributed by atoms with Crippen molar-refractivity contribution in [3.05, 3.63) is 52.7 Å². The molecule has 5 heteroatoms. The maximum atomic E-state index is 12.5. The molecule has 0 spiro atoms. The Kier molecular flexibility index (Phi) is 5.68. The van der Waals surface area contributed by atoms with Crippen LogP contribution in [0.4, 0.5) is 0 Å². The molecule has 0 saturated carbocycles. The van der Waals surface area contributed by atoms with Crippen LogP contribution in [0.3, 0.4) is 0 Å². The van der Waals surface area contributed by atoms with E-state index in [1.807, 2.05) is 25.2 Å². The monoisotopic (exact) mass is 341 g/mol. The molecule has 0 atom stereocenters. The first kappa shape index (κ1) is 17.5. The lowest BCUT2D eigenvalue weighted by molar-refractivity contribution is 0.215. The first-order valence-corrected chi connectivity index (χ1v) is 8.57. The van der Waals surface area contributed by atoms with Gasteiger partial charge < -0.3 is 19.2 Å². The van der Waals surface area contributed by atoms with E-state index in [1.165, 1.54) is 0 Å². The number of hydrogen-bond acceptors (Lipinski definition) is 5. The van der Waals surface area contributed by atoms with Gasteiger partial charge in [-0.05, 0) is 50.7 Å². The second kappa shape index (κ2) is 8.14. The summed E-state index contributed by atoms with van der Waals surface area (Å²) in [6.07, 6.45) is 1.93. The van der Waals surface area contributed by atoms with Crippen LogP contribution in [-0.4, -0.2) is 43.4 Å². The summed E-state index contributed by atoms with van der Waals surface area (Å²) in [5, 5.41) is 10.0. The highest BCUT2D eigenvalue weighted by atomic mass is 16.5. The van der Waals surface area contributed by atoms with Crippen molar-refractivity contribution in [2.45, 2.75) is 12.8 Å². The number of hydrogen-bond donors (Lipinski definition) is 1. The first-order chi connectivity index (χ1) is 12.2. The minimum atomic E-state index is -0.0182. The van der Waals surface area contributed by atoms with E-state index in [2.05, 4.69) is 4.90 Å². The molecule has 3 aromatic rings. The number of aliphatic hydroxyl groups excluding tert-OH is 1. The predicted octanol–water partition coefficient (Wildman–Crippen LogP) is 3.03. The van der Waals surface area contributed by atoms with Gasteiger partial charge >= 0.3 is 0 Å². The molecular weight excluding hydrogens is 318 g/mol. The Hall–Kier alpha value is -2.37. The summed E-state index contributed by atoms with van der Waals surface area (Å²) in [5.41, 5.74) is 1.11. The molecule has 1 aromatic heterocycles. The third kappa shape index (κ3) is 4.18. The van der Waals surface area contributed by atoms with Gasteiger partial charge in [-0.1, -0.05) is 12.1 Å². The van der Waals surface area contributed by atoms with Gasteiger partial charge in [-0.3, -0.25) is 4.79 Å². The average Bonchev–Trinajstić information content (AvgIpc) is 2.62. The lowest BCUT2D eigenvalue weighted by Crippen LogP contribution is -2.23. The largest absolute Gasteiger partial charge is 0.493 e. The third-order valence-corrected chi connectivity index (χ3v) is 4.23. The Balaban J connectivity index is 1.65. The van der Waals surface area contributed by atoms with E-state index in [0.717, 1.165) is 19.4 Å². The molecule has 5 nitrogen and oxygen atoms in total. The Bertz CT molecular complexity index is 903. The third-order valence-electron chi connectivity index (χ3n) is 4.23. The van der Waals surface area contributed by atoms with Gasteiger partial charge in [0.15, 0.2) is 0 Å². The number of likely N-dealkylation sites (N-methyl/N-ethyl adjacent to an activating group) is 1. The highest BCUT2D eigenvalue weighted by Gasteiger charge is 2.08. The lowest BCUT2D eigenvalue weighted by Gasteiger charge is -2.14. The molecule has 2 aromatic carbocycles. The molecule has 1 N–H and O–H groups in total. The summed E-state index contributed by atoms with van der Waals surface area (Å²) in [5.74, 6) is 0.703. The van der Waals surface area contributed by atoms with Crippen LogP contribution in [0, 0.1) is 0 Å². The molecule has 3 rings (SSSR count). The number of fused-ring (bicyclic) bond motifs is 2. The SMILES string of the molecule is CN(CCO)CCCCOc1ccc2c(=O)c3ccccc3oc2c1. The number of para-hydroxylation sites is 1. The first-order valence-electron chi connectivity index (χ1n) is 8.57. The normalized spacial score (nSPS) is 11.5. The summed E-state index contributed by atoms with van der Waals surface area (Å²) in [6, 6.07) is 12.6. The summed E-state index contributed by atoms with van der Waals surface area (Å²) >= 11 is 0. The van der Waals surface area contributed by atoms with E-state index in [0.29, 0.717) is 40.8 Å². The standard InChI is InChI=1S/C20H23NO4/c1-21(11-12-22)10-4-5-13-24-15-8-9-17-19(14-15)25-18-7-3-2-6-16(18)20(17)23/h2-3,6-9,14,22H,4-5,10-13H2,1H3. The maximum Gasteiger partial charge on any atom is 0.200 e. The smallest absolute Gasteiger partial charge is 0.200 e. The molecule has 132 valence electrons. The highest BCUT2D eigenvalue weighted by Crippen LogP contribution is 2.23. The Morgan fingerprint density at radius 1 is 1.04 bits per heavy atom. The van der Waals surface area contributed by atoms with Crippen molar-refractivity contribution < 1.29 is 14.3 Å². The number of benzene rings is 2. The van der Waals surface area contributed by atoms with E-state index in [1.54, 1.807) is 24.3 Å².